The van der Waals surface area contributed by atoms with Gasteiger partial charge in [-0.15, -0.1) is 0 Å². The Kier molecular flexibility index (Phi) is 6.01. The van der Waals surface area contributed by atoms with Gasteiger partial charge in [0.1, 0.15) is 17.7 Å². The van der Waals surface area contributed by atoms with Gasteiger partial charge in [-0.3, -0.25) is 0 Å². The van der Waals surface area contributed by atoms with Crippen molar-refractivity contribution in [3.8, 4) is 12.1 Å². The quantitative estimate of drug-likeness (QED) is 0.546. The highest BCUT2D eigenvalue weighted by molar-refractivity contribution is 5.49. The third kappa shape index (κ3) is 3.64. The molecule has 0 aliphatic heterocycles. The smallest absolute Gasteiger partial charge is 0.129 e. The largest absolute Gasteiger partial charge is 0.375 e. The van der Waals surface area contributed by atoms with Gasteiger partial charge in [-0.2, -0.15) is 10.5 Å². The molecule has 0 spiro atoms. The van der Waals surface area contributed by atoms with Crippen LogP contribution in [0.3, 0.4) is 0 Å². The van der Waals surface area contributed by atoms with Gasteiger partial charge in [0.15, 0.2) is 0 Å². The molecule has 1 saturated carbocycles. The van der Waals surface area contributed by atoms with E-state index in [9.17, 15) is 0 Å². The summed E-state index contributed by atoms with van der Waals surface area (Å²) in [4.78, 5) is 2.19. The molecule has 3 nitrogen and oxygen atoms in total. The van der Waals surface area contributed by atoms with Crippen molar-refractivity contribution in [3.05, 3.63) is 55.0 Å². The number of hydrogen-bond acceptors (Lipinski definition) is 3. The summed E-state index contributed by atoms with van der Waals surface area (Å²) in [6.07, 6.45) is 11.4. The van der Waals surface area contributed by atoms with Crippen LogP contribution in [-0.4, -0.2) is 18.0 Å². The van der Waals surface area contributed by atoms with Crippen LogP contribution in [0, 0.1) is 54.3 Å². The maximum atomic E-state index is 8.74. The van der Waals surface area contributed by atoms with Gasteiger partial charge < -0.3 is 4.90 Å². The zero-order chi connectivity index (χ0) is 13.4. The summed E-state index contributed by atoms with van der Waals surface area (Å²) in [6, 6.07) is 3.73. The standard InChI is InChI=1S/C15H16N3/c1-3-18(4-2)15(14-7-5-6-8-14)10-9-13(11-16)12-17/h5-10H,3-4H2,1-2H3/b15-10-. The van der Waals surface area contributed by atoms with E-state index in [0.29, 0.717) is 0 Å². The molecule has 0 amide bonds. The van der Waals surface area contributed by atoms with Gasteiger partial charge >= 0.3 is 0 Å². The molecular weight excluding hydrogens is 222 g/mol. The Morgan fingerprint density at radius 2 is 1.67 bits per heavy atom. The van der Waals surface area contributed by atoms with E-state index in [4.69, 9.17) is 10.5 Å². The van der Waals surface area contributed by atoms with Crippen molar-refractivity contribution < 1.29 is 0 Å². The topological polar surface area (TPSA) is 50.8 Å². The van der Waals surface area contributed by atoms with E-state index in [2.05, 4.69) is 18.7 Å². The van der Waals surface area contributed by atoms with Crippen molar-refractivity contribution in [2.45, 2.75) is 13.8 Å². The van der Waals surface area contributed by atoms with Crippen LogP contribution in [0.15, 0.2) is 23.4 Å². The molecule has 91 valence electrons. The van der Waals surface area contributed by atoms with E-state index in [1.807, 2.05) is 43.9 Å². The first-order valence-corrected chi connectivity index (χ1v) is 5.96. The van der Waals surface area contributed by atoms with Gasteiger partial charge in [-0.25, -0.2) is 0 Å². The fourth-order valence-electron chi connectivity index (χ4n) is 1.76. The molecule has 0 unspecified atom stereocenters. The third-order valence-corrected chi connectivity index (χ3v) is 2.71. The fraction of sp³-hybridized carbons (Fsp3) is 0.267. The molecule has 0 saturated heterocycles. The van der Waals surface area contributed by atoms with Crippen LogP contribution in [0.5, 0.6) is 0 Å². The zero-order valence-corrected chi connectivity index (χ0v) is 10.7. The van der Waals surface area contributed by atoms with Crippen LogP contribution in [0.4, 0.5) is 0 Å². The van der Waals surface area contributed by atoms with Crippen molar-refractivity contribution in [2.24, 2.45) is 0 Å². The number of hydrogen-bond donors (Lipinski definition) is 0. The molecule has 1 rings (SSSR count). The summed E-state index contributed by atoms with van der Waals surface area (Å²) < 4.78 is 0. The second-order valence-electron chi connectivity index (χ2n) is 3.70. The normalized spacial score (nSPS) is 15.9. The monoisotopic (exact) mass is 238 g/mol. The molecule has 0 N–H and O–H groups in total. The summed E-state index contributed by atoms with van der Waals surface area (Å²) in [5, 5.41) is 17.5. The summed E-state index contributed by atoms with van der Waals surface area (Å²) >= 11 is 0. The number of rotatable bonds is 5. The second kappa shape index (κ2) is 7.56. The van der Waals surface area contributed by atoms with E-state index in [-0.39, 0.29) is 5.57 Å². The second-order valence-corrected chi connectivity index (χ2v) is 3.70. The Morgan fingerprint density at radius 3 is 2.11 bits per heavy atom. The van der Waals surface area contributed by atoms with Gasteiger partial charge in [0, 0.05) is 24.7 Å². The van der Waals surface area contributed by atoms with E-state index < -0.39 is 0 Å². The average Bonchev–Trinajstić information content (AvgIpc) is 2.92. The first-order chi connectivity index (χ1) is 8.76. The first kappa shape index (κ1) is 14.3. The van der Waals surface area contributed by atoms with Crippen molar-refractivity contribution in [3.63, 3.8) is 0 Å². The number of nitriles is 2. The minimum Gasteiger partial charge on any atom is -0.375 e. The minimum absolute atomic E-state index is 0.117. The van der Waals surface area contributed by atoms with E-state index in [1.54, 1.807) is 6.08 Å². The molecule has 0 aromatic carbocycles. The van der Waals surface area contributed by atoms with Crippen LogP contribution >= 0.6 is 0 Å². The van der Waals surface area contributed by atoms with Crippen molar-refractivity contribution in [1.29, 1.82) is 10.5 Å². The van der Waals surface area contributed by atoms with Crippen LogP contribution in [-0.2, 0) is 0 Å². The lowest BCUT2D eigenvalue weighted by atomic mass is 10.0. The molecule has 5 radical (unpaired) electrons. The lowest BCUT2D eigenvalue weighted by Crippen LogP contribution is -2.25. The van der Waals surface area contributed by atoms with E-state index in [1.165, 1.54) is 0 Å². The van der Waals surface area contributed by atoms with Gasteiger partial charge in [0.25, 0.3) is 0 Å². The lowest BCUT2D eigenvalue weighted by Gasteiger charge is -2.28. The summed E-state index contributed by atoms with van der Waals surface area (Å²) in [5.41, 5.74) is 1.15. The molecule has 18 heavy (non-hydrogen) atoms. The molecule has 1 aliphatic rings. The summed E-state index contributed by atoms with van der Waals surface area (Å²) in [5.74, 6) is 1.10. The molecule has 0 heterocycles. The molecule has 0 bridgehead atoms. The molecule has 0 aromatic heterocycles. The first-order valence-electron chi connectivity index (χ1n) is 5.96. The molecule has 1 fully saturated rings. The van der Waals surface area contributed by atoms with Gasteiger partial charge in [-0.1, -0.05) is 0 Å². The Bertz CT molecular complexity index is 376. The van der Waals surface area contributed by atoms with Gasteiger partial charge in [-0.05, 0) is 51.7 Å². The summed E-state index contributed by atoms with van der Waals surface area (Å²) in [7, 11) is 0. The highest BCUT2D eigenvalue weighted by Gasteiger charge is 2.23. The van der Waals surface area contributed by atoms with Crippen molar-refractivity contribution in [1.82, 2.24) is 4.90 Å². The lowest BCUT2D eigenvalue weighted by molar-refractivity contribution is 0.383. The van der Waals surface area contributed by atoms with Crippen LogP contribution < -0.4 is 0 Å². The Morgan fingerprint density at radius 1 is 1.11 bits per heavy atom. The maximum absolute atomic E-state index is 8.74. The Hall–Kier alpha value is -1.74. The number of nitrogens with zero attached hydrogens (tertiary/aromatic N) is 3. The predicted molar refractivity (Wildman–Crippen MR) is 70.8 cm³/mol. The Labute approximate surface area is 110 Å². The molecule has 0 aromatic rings. The highest BCUT2D eigenvalue weighted by atomic mass is 15.1. The third-order valence-electron chi connectivity index (χ3n) is 2.71. The van der Waals surface area contributed by atoms with Crippen LogP contribution in [0.25, 0.3) is 0 Å². The van der Waals surface area contributed by atoms with E-state index >= 15 is 0 Å². The molecule has 3 heteroatoms. The highest BCUT2D eigenvalue weighted by Crippen LogP contribution is 2.32. The van der Waals surface area contributed by atoms with Gasteiger partial charge in [0.05, 0.1) is 0 Å². The number of allylic oxidation sites excluding steroid dienone is 4. The van der Waals surface area contributed by atoms with Crippen LogP contribution in [0.2, 0.25) is 0 Å². The minimum atomic E-state index is 0.117. The Balaban J connectivity index is 2.96. The fourth-order valence-corrected chi connectivity index (χ4v) is 1.76. The van der Waals surface area contributed by atoms with Crippen molar-refractivity contribution in [2.75, 3.05) is 13.1 Å². The predicted octanol–water partition coefficient (Wildman–Crippen LogP) is 2.59. The molecular formula is C15H16N3. The molecule has 0 atom stereocenters. The van der Waals surface area contributed by atoms with Crippen LogP contribution in [0.1, 0.15) is 13.8 Å². The van der Waals surface area contributed by atoms with E-state index in [0.717, 1.165) is 24.7 Å². The maximum Gasteiger partial charge on any atom is 0.129 e. The average molecular weight is 238 g/mol. The zero-order valence-electron chi connectivity index (χ0n) is 10.7. The van der Waals surface area contributed by atoms with Crippen molar-refractivity contribution >= 4 is 0 Å². The van der Waals surface area contributed by atoms with Gasteiger partial charge in [0.2, 0.25) is 0 Å². The summed E-state index contributed by atoms with van der Waals surface area (Å²) in [6.45, 7) is 5.94. The molecule has 1 aliphatic carbocycles. The SMILES string of the molecule is CCN(CC)/C(=C\C=C(C#N)C#N)[C]1[CH][CH][CH][CH]1.